The highest BCUT2D eigenvalue weighted by atomic mass is 15.2. The van der Waals surface area contributed by atoms with Crippen LogP contribution in [0.2, 0.25) is 0 Å². The molecule has 3 heteroatoms. The first kappa shape index (κ1) is 34.5. The largest absolute Gasteiger partial charge is 0.309 e. The molecule has 0 saturated heterocycles. The second-order valence-corrected chi connectivity index (χ2v) is 13.5. The molecule has 0 bridgehead atoms. The van der Waals surface area contributed by atoms with E-state index in [2.05, 4.69) is 195 Å². The number of hydrogen-bond donors (Lipinski definition) is 0. The summed E-state index contributed by atoms with van der Waals surface area (Å²) in [6, 6.07) is 54.6. The molecule has 0 fully saturated rings. The minimum absolute atomic E-state index is 0.566. The summed E-state index contributed by atoms with van der Waals surface area (Å²) in [4.78, 5) is 13.1. The molecular formula is C51H43N3. The minimum atomic E-state index is -0.566. The van der Waals surface area contributed by atoms with Crippen molar-refractivity contribution < 1.29 is 0 Å². The van der Waals surface area contributed by atoms with Gasteiger partial charge in [-0.15, -0.1) is 0 Å². The lowest BCUT2D eigenvalue weighted by Crippen LogP contribution is -2.37. The van der Waals surface area contributed by atoms with Crippen molar-refractivity contribution in [3.05, 3.63) is 227 Å². The van der Waals surface area contributed by atoms with Gasteiger partial charge in [-0.3, -0.25) is 0 Å². The van der Waals surface area contributed by atoms with Gasteiger partial charge in [0.1, 0.15) is 0 Å². The molecule has 1 aliphatic heterocycles. The standard InChI is InChI=1S/C51H43N3/c1-5-8-23-37(22-6-2)36(4)48(38-24-11-9-12-25-38)53-50(52-7-3)42-30-21-34-46-49(42)54(39-26-13-10-14-27-39)47-35-20-19-33-45(47)51(46)43-31-17-15-28-40(43)41-29-16-18-32-44(41)51/h5-35H,1-4H3/b8-5-,22-6-,37-23+,48-36+,52-7?,53-50?. The Hall–Kier alpha value is -6.58. The summed E-state index contributed by atoms with van der Waals surface area (Å²) in [6.45, 7) is 8.21. The third kappa shape index (κ3) is 5.61. The van der Waals surface area contributed by atoms with Crippen molar-refractivity contribution in [2.24, 2.45) is 9.98 Å². The highest BCUT2D eigenvalue weighted by Gasteiger charge is 2.52. The molecule has 1 heterocycles. The van der Waals surface area contributed by atoms with Crippen molar-refractivity contribution in [2.45, 2.75) is 33.1 Å². The van der Waals surface area contributed by atoms with Crippen LogP contribution in [-0.2, 0) is 5.41 Å². The van der Waals surface area contributed by atoms with E-state index in [1.165, 1.54) is 33.4 Å². The smallest absolute Gasteiger partial charge is 0.161 e. The maximum absolute atomic E-state index is 5.59. The fourth-order valence-electron chi connectivity index (χ4n) is 8.35. The predicted molar refractivity (Wildman–Crippen MR) is 229 cm³/mol. The van der Waals surface area contributed by atoms with Crippen LogP contribution in [0.15, 0.2) is 203 Å². The second kappa shape index (κ2) is 14.8. The summed E-state index contributed by atoms with van der Waals surface area (Å²) in [5, 5.41) is 0. The van der Waals surface area contributed by atoms with Gasteiger partial charge in [-0.1, -0.05) is 158 Å². The molecule has 0 saturated carbocycles. The normalized spacial score (nSPS) is 15.1. The fraction of sp³-hybridized carbons (Fsp3) is 0.0980. The van der Waals surface area contributed by atoms with Gasteiger partial charge in [0, 0.05) is 23.0 Å². The van der Waals surface area contributed by atoms with Gasteiger partial charge < -0.3 is 4.90 Å². The Bertz CT molecular complexity index is 2480. The number of amidine groups is 1. The van der Waals surface area contributed by atoms with Gasteiger partial charge in [0.25, 0.3) is 0 Å². The zero-order valence-electron chi connectivity index (χ0n) is 31.2. The average molecular weight is 698 g/mol. The Balaban J connectivity index is 1.51. The first-order chi connectivity index (χ1) is 26.6. The van der Waals surface area contributed by atoms with Crippen molar-refractivity contribution in [3.63, 3.8) is 0 Å². The van der Waals surface area contributed by atoms with Gasteiger partial charge in [0.05, 0.1) is 22.5 Å². The minimum Gasteiger partial charge on any atom is -0.309 e. The SMILES string of the molecule is CC=NC(=N/C(=C(C)/C(/C=C\C)=C/C=C\C)c1ccccc1)c1cccc2c1N(c1ccccc1)c1ccccc1C21c2ccccc2-c2ccccc21. The van der Waals surface area contributed by atoms with Crippen LogP contribution >= 0.6 is 0 Å². The van der Waals surface area contributed by atoms with Crippen molar-refractivity contribution >= 4 is 34.8 Å². The maximum atomic E-state index is 5.59. The zero-order valence-corrected chi connectivity index (χ0v) is 31.2. The highest BCUT2D eigenvalue weighted by Crippen LogP contribution is 2.63. The summed E-state index contributed by atoms with van der Waals surface area (Å²) in [7, 11) is 0. The van der Waals surface area contributed by atoms with Gasteiger partial charge >= 0.3 is 0 Å². The van der Waals surface area contributed by atoms with Crippen LogP contribution in [0.4, 0.5) is 17.1 Å². The molecule has 0 unspecified atom stereocenters. The summed E-state index contributed by atoms with van der Waals surface area (Å²) in [5.41, 5.74) is 15.3. The number of nitrogens with zero attached hydrogens (tertiary/aromatic N) is 3. The van der Waals surface area contributed by atoms with Crippen LogP contribution in [0.3, 0.4) is 0 Å². The molecule has 262 valence electrons. The third-order valence-corrected chi connectivity index (χ3v) is 10.5. The van der Waals surface area contributed by atoms with E-state index in [1.54, 1.807) is 0 Å². The van der Waals surface area contributed by atoms with E-state index in [9.17, 15) is 0 Å². The van der Waals surface area contributed by atoms with Gasteiger partial charge in [-0.05, 0) is 96.5 Å². The van der Waals surface area contributed by atoms with Gasteiger partial charge in [0.2, 0.25) is 0 Å². The third-order valence-electron chi connectivity index (χ3n) is 10.5. The Morgan fingerprint density at radius 1 is 0.593 bits per heavy atom. The van der Waals surface area contributed by atoms with Crippen molar-refractivity contribution in [2.75, 3.05) is 4.90 Å². The molecule has 54 heavy (non-hydrogen) atoms. The molecule has 8 rings (SSSR count). The fourth-order valence-corrected chi connectivity index (χ4v) is 8.35. The molecule has 0 aromatic heterocycles. The average Bonchev–Trinajstić information content (AvgIpc) is 3.52. The Kier molecular flexibility index (Phi) is 9.46. The molecular weight excluding hydrogens is 655 g/mol. The van der Waals surface area contributed by atoms with E-state index in [0.29, 0.717) is 5.84 Å². The molecule has 0 N–H and O–H groups in total. The van der Waals surface area contributed by atoms with Gasteiger partial charge in [-0.25, -0.2) is 9.98 Å². The van der Waals surface area contributed by atoms with Gasteiger partial charge in [0.15, 0.2) is 5.84 Å². The summed E-state index contributed by atoms with van der Waals surface area (Å²) in [5.74, 6) is 0.647. The van der Waals surface area contributed by atoms with E-state index in [-0.39, 0.29) is 0 Å². The van der Waals surface area contributed by atoms with E-state index in [0.717, 1.165) is 45.0 Å². The van der Waals surface area contributed by atoms with Crippen LogP contribution in [0.25, 0.3) is 16.8 Å². The van der Waals surface area contributed by atoms with E-state index in [4.69, 9.17) is 9.98 Å². The molecule has 2 aliphatic rings. The lowest BCUT2D eigenvalue weighted by atomic mass is 9.64. The number of fused-ring (bicyclic) bond motifs is 9. The first-order valence-electron chi connectivity index (χ1n) is 18.7. The van der Waals surface area contributed by atoms with E-state index >= 15 is 0 Å². The van der Waals surface area contributed by atoms with Crippen LogP contribution in [0.5, 0.6) is 0 Å². The number of para-hydroxylation sites is 3. The predicted octanol–water partition coefficient (Wildman–Crippen LogP) is 13.2. The summed E-state index contributed by atoms with van der Waals surface area (Å²) < 4.78 is 0. The number of allylic oxidation sites excluding steroid dienone is 7. The number of benzene rings is 6. The van der Waals surface area contributed by atoms with E-state index < -0.39 is 5.41 Å². The lowest BCUT2D eigenvalue weighted by Gasteiger charge is -2.45. The molecule has 6 aromatic rings. The van der Waals surface area contributed by atoms with Gasteiger partial charge in [-0.2, -0.15) is 0 Å². The quantitative estimate of drug-likeness (QED) is 0.0925. The Morgan fingerprint density at radius 3 is 1.83 bits per heavy atom. The van der Waals surface area contributed by atoms with Crippen molar-refractivity contribution in [1.82, 2.24) is 0 Å². The van der Waals surface area contributed by atoms with E-state index in [1.807, 2.05) is 26.1 Å². The molecule has 3 nitrogen and oxygen atoms in total. The highest BCUT2D eigenvalue weighted by molar-refractivity contribution is 6.12. The zero-order chi connectivity index (χ0) is 37.1. The van der Waals surface area contributed by atoms with Crippen LogP contribution in [0, 0.1) is 0 Å². The molecule has 0 atom stereocenters. The van der Waals surface area contributed by atoms with Crippen molar-refractivity contribution in [3.8, 4) is 11.1 Å². The molecule has 0 radical (unpaired) electrons. The summed E-state index contributed by atoms with van der Waals surface area (Å²) in [6.07, 6.45) is 12.4. The molecule has 0 amide bonds. The van der Waals surface area contributed by atoms with Crippen LogP contribution in [-0.4, -0.2) is 12.1 Å². The Labute approximate surface area is 319 Å². The number of aliphatic imine (C=N–C) groups is 2. The monoisotopic (exact) mass is 697 g/mol. The number of hydrogen-bond acceptors (Lipinski definition) is 2. The molecule has 1 spiro atoms. The van der Waals surface area contributed by atoms with Crippen LogP contribution < -0.4 is 4.90 Å². The topological polar surface area (TPSA) is 28.0 Å². The second-order valence-electron chi connectivity index (χ2n) is 13.5. The Morgan fingerprint density at radius 2 is 1.19 bits per heavy atom. The van der Waals surface area contributed by atoms with Crippen LogP contribution in [0.1, 0.15) is 61.1 Å². The number of rotatable bonds is 7. The lowest BCUT2D eigenvalue weighted by molar-refractivity contribution is 0.752. The summed E-state index contributed by atoms with van der Waals surface area (Å²) >= 11 is 0. The maximum Gasteiger partial charge on any atom is 0.161 e. The molecule has 6 aromatic carbocycles. The molecule has 1 aliphatic carbocycles. The number of anilines is 3. The first-order valence-corrected chi connectivity index (χ1v) is 18.7. The van der Waals surface area contributed by atoms with Crippen molar-refractivity contribution in [1.29, 1.82) is 0 Å².